The molecule has 1 atom stereocenters. The molecule has 3 aromatic carbocycles. The van der Waals surface area contributed by atoms with E-state index in [1.165, 1.54) is 0 Å². The number of tetrazole rings is 1. The topological polar surface area (TPSA) is 210 Å². The van der Waals surface area contributed by atoms with E-state index in [0.717, 1.165) is 12.1 Å². The van der Waals surface area contributed by atoms with E-state index in [1.807, 2.05) is 0 Å². The number of hydrogen-bond donors (Lipinski definition) is 5. The quantitative estimate of drug-likeness (QED) is 0.0990. The average molecular weight is 886 g/mol. The number of piperidine rings is 1. The van der Waals surface area contributed by atoms with Crippen LogP contribution in [-0.4, -0.2) is 98.4 Å². The first-order valence-electron chi connectivity index (χ1n) is 21.6. The number of aromatic nitrogens is 4. The number of ether oxygens (including phenoxy) is 2. The minimum atomic E-state index is -1.03. The van der Waals surface area contributed by atoms with Crippen molar-refractivity contribution < 1.29 is 42.2 Å². The summed E-state index contributed by atoms with van der Waals surface area (Å²) in [6.45, 7) is 11.8. The van der Waals surface area contributed by atoms with Crippen LogP contribution in [0.2, 0.25) is 0 Å². The van der Waals surface area contributed by atoms with Gasteiger partial charge in [0.2, 0.25) is 17.6 Å². The number of benzene rings is 3. The number of nitrogens with zero attached hydrogens (tertiary/aromatic N) is 4. The van der Waals surface area contributed by atoms with E-state index in [-0.39, 0.29) is 35.8 Å². The highest BCUT2D eigenvalue weighted by molar-refractivity contribution is 5.98. The number of anilines is 1. The first kappa shape index (κ1) is 47.0. The molecule has 1 saturated heterocycles. The Morgan fingerprint density at radius 3 is 1.98 bits per heavy atom. The third kappa shape index (κ3) is 13.3. The molecule has 1 aliphatic carbocycles. The van der Waals surface area contributed by atoms with Gasteiger partial charge in [-0.3, -0.25) is 14.4 Å². The van der Waals surface area contributed by atoms with E-state index in [9.17, 15) is 24.0 Å². The van der Waals surface area contributed by atoms with Gasteiger partial charge in [-0.15, -0.1) is 10.2 Å². The molecule has 4 aromatic rings. The zero-order valence-electron chi connectivity index (χ0n) is 37.1. The zero-order chi connectivity index (χ0) is 46.2. The van der Waals surface area contributed by atoms with E-state index >= 15 is 8.78 Å². The molecular weight excluding hydrogens is 829 g/mol. The summed E-state index contributed by atoms with van der Waals surface area (Å²) in [7, 11) is 0. The van der Waals surface area contributed by atoms with E-state index in [2.05, 4.69) is 41.9 Å². The molecule has 18 heteroatoms. The molecule has 16 nitrogen and oxygen atoms in total. The zero-order valence-corrected chi connectivity index (χ0v) is 37.1. The van der Waals surface area contributed by atoms with Crippen molar-refractivity contribution in [2.45, 2.75) is 110 Å². The van der Waals surface area contributed by atoms with Gasteiger partial charge in [0.1, 0.15) is 34.4 Å². The molecule has 6 rings (SSSR count). The van der Waals surface area contributed by atoms with Gasteiger partial charge in [0, 0.05) is 49.3 Å². The summed E-state index contributed by atoms with van der Waals surface area (Å²) in [5.74, 6) is -3.42. The summed E-state index contributed by atoms with van der Waals surface area (Å²) in [6.07, 6.45) is 2.55. The van der Waals surface area contributed by atoms with Crippen molar-refractivity contribution in [3.8, 4) is 22.5 Å². The maximum atomic E-state index is 15.5. The van der Waals surface area contributed by atoms with Crippen LogP contribution in [0, 0.1) is 23.5 Å². The predicted octanol–water partition coefficient (Wildman–Crippen LogP) is 6.94. The van der Waals surface area contributed by atoms with Gasteiger partial charge >= 0.3 is 12.2 Å². The molecule has 64 heavy (non-hydrogen) atoms. The van der Waals surface area contributed by atoms with Crippen molar-refractivity contribution in [2.24, 2.45) is 11.8 Å². The number of halogens is 2. The molecule has 1 aliphatic heterocycles. The summed E-state index contributed by atoms with van der Waals surface area (Å²) in [5.41, 5.74) is 0.546. The average Bonchev–Trinajstić information content (AvgIpc) is 3.78. The Hall–Kier alpha value is -6.46. The minimum Gasteiger partial charge on any atom is -0.444 e. The lowest BCUT2D eigenvalue weighted by molar-refractivity contribution is -0.130. The number of alkyl carbamates (subject to hydrolysis) is 1. The van der Waals surface area contributed by atoms with Gasteiger partial charge < -0.3 is 35.6 Å². The summed E-state index contributed by atoms with van der Waals surface area (Å²) in [6, 6.07) is 14.4. The molecule has 342 valence electrons. The maximum absolute atomic E-state index is 15.5. The Labute approximate surface area is 371 Å². The van der Waals surface area contributed by atoms with Crippen molar-refractivity contribution in [3.63, 3.8) is 0 Å². The lowest BCUT2D eigenvalue weighted by Gasteiger charge is -2.33. The standard InChI is InChI=1S/C46H57F2N9O7/c1-45(2,3)63-43(61)49-26-28-9-13-31(14-10-28)40(58)52-37(41(59)50-33-17-15-30(16-18-33)39-53-55-56-54-39)23-27-7-11-29(12-8-27)32-24-35(47)38(36(48)25-32)42(60)51-34-19-21-57(22-20-34)44(62)64-46(4,5)6/h7-8,11-12,15-18,24-25,28,31,34,37H,9-10,13-14,19-23,26H2,1-6H3,(H,49,61)(H,50,59)(H,51,60)(H,52,58)(H,53,54,55,56)/t28?,31?,37-/m0/s1. The smallest absolute Gasteiger partial charge is 0.410 e. The Kier molecular flexibility index (Phi) is 15.0. The van der Waals surface area contributed by atoms with E-state index < -0.39 is 58.4 Å². The van der Waals surface area contributed by atoms with Crippen LogP contribution in [0.15, 0.2) is 60.7 Å². The number of aromatic amines is 1. The largest absolute Gasteiger partial charge is 0.444 e. The second kappa shape index (κ2) is 20.4. The highest BCUT2D eigenvalue weighted by Gasteiger charge is 2.32. The van der Waals surface area contributed by atoms with Gasteiger partial charge in [0.05, 0.1) is 0 Å². The van der Waals surface area contributed by atoms with Gasteiger partial charge in [0.15, 0.2) is 0 Å². The molecule has 2 fully saturated rings. The number of rotatable bonds is 12. The first-order chi connectivity index (χ1) is 30.3. The van der Waals surface area contributed by atoms with E-state index in [0.29, 0.717) is 86.4 Å². The SMILES string of the molecule is CC(C)(C)OC(=O)NCC1CCC(C(=O)N[C@@H](Cc2ccc(-c3cc(F)c(C(=O)NC4CCN(C(=O)OC(C)(C)C)CC4)c(F)c3)cc2)C(=O)Nc2ccc(-c3nn[nH]n3)cc2)CC1. The molecular formula is C46H57F2N9O7. The summed E-state index contributed by atoms with van der Waals surface area (Å²) < 4.78 is 41.7. The van der Waals surface area contributed by atoms with Crippen LogP contribution in [-0.2, 0) is 25.5 Å². The summed E-state index contributed by atoms with van der Waals surface area (Å²) in [4.78, 5) is 66.8. The molecule has 1 aromatic heterocycles. The third-order valence-corrected chi connectivity index (χ3v) is 11.0. The predicted molar refractivity (Wildman–Crippen MR) is 234 cm³/mol. The van der Waals surface area contributed by atoms with Crippen LogP contribution >= 0.6 is 0 Å². The fourth-order valence-electron chi connectivity index (χ4n) is 7.70. The molecule has 0 radical (unpaired) electrons. The fraction of sp³-hybridized carbons (Fsp3) is 0.478. The van der Waals surface area contributed by atoms with Crippen LogP contribution < -0.4 is 21.3 Å². The molecule has 2 heterocycles. The van der Waals surface area contributed by atoms with Gasteiger partial charge in [-0.1, -0.05) is 24.3 Å². The first-order valence-corrected chi connectivity index (χ1v) is 21.6. The Bertz CT molecular complexity index is 2240. The van der Waals surface area contributed by atoms with Crippen molar-refractivity contribution in [2.75, 3.05) is 25.0 Å². The van der Waals surface area contributed by atoms with Crippen molar-refractivity contribution >= 4 is 35.6 Å². The molecule has 2 aliphatic rings. The molecule has 0 spiro atoms. The Morgan fingerprint density at radius 1 is 0.797 bits per heavy atom. The monoisotopic (exact) mass is 885 g/mol. The van der Waals surface area contributed by atoms with Crippen LogP contribution in [0.1, 0.15) is 96.0 Å². The molecule has 1 saturated carbocycles. The minimum absolute atomic E-state index is 0.104. The number of hydrogen-bond acceptors (Lipinski definition) is 10. The Balaban J connectivity index is 1.09. The van der Waals surface area contributed by atoms with Gasteiger partial charge in [-0.05, 0) is 144 Å². The normalized spacial score (nSPS) is 17.5. The van der Waals surface area contributed by atoms with Crippen LogP contribution in [0.4, 0.5) is 24.1 Å². The third-order valence-electron chi connectivity index (χ3n) is 11.0. The lowest BCUT2D eigenvalue weighted by Crippen LogP contribution is -2.48. The lowest BCUT2D eigenvalue weighted by atomic mass is 9.81. The van der Waals surface area contributed by atoms with E-state index in [4.69, 9.17) is 9.47 Å². The number of likely N-dealkylation sites (tertiary alicyclic amines) is 1. The summed E-state index contributed by atoms with van der Waals surface area (Å²) in [5, 5.41) is 25.3. The van der Waals surface area contributed by atoms with Gasteiger partial charge in [-0.2, -0.15) is 5.21 Å². The fourth-order valence-corrected chi connectivity index (χ4v) is 7.70. The Morgan fingerprint density at radius 2 is 1.41 bits per heavy atom. The molecule has 0 unspecified atom stereocenters. The molecule has 5 amide bonds. The van der Waals surface area contributed by atoms with Gasteiger partial charge in [0.25, 0.3) is 5.91 Å². The van der Waals surface area contributed by atoms with Crippen molar-refractivity contribution in [1.29, 1.82) is 0 Å². The molecule has 0 bridgehead atoms. The summed E-state index contributed by atoms with van der Waals surface area (Å²) >= 11 is 0. The molecule has 5 N–H and O–H groups in total. The van der Waals surface area contributed by atoms with Crippen LogP contribution in [0.3, 0.4) is 0 Å². The second-order valence-electron chi connectivity index (χ2n) is 18.4. The second-order valence-corrected chi connectivity index (χ2v) is 18.4. The van der Waals surface area contributed by atoms with Crippen molar-refractivity contribution in [1.82, 2.24) is 41.5 Å². The number of nitrogens with one attached hydrogen (secondary N) is 5. The number of amides is 5. The van der Waals surface area contributed by atoms with Crippen LogP contribution in [0.5, 0.6) is 0 Å². The number of carbonyl (C=O) groups is 5. The highest BCUT2D eigenvalue weighted by Crippen LogP contribution is 2.30. The van der Waals surface area contributed by atoms with Gasteiger partial charge in [-0.25, -0.2) is 18.4 Å². The maximum Gasteiger partial charge on any atom is 0.410 e. The number of carbonyl (C=O) groups excluding carboxylic acids is 5. The van der Waals surface area contributed by atoms with Crippen molar-refractivity contribution in [3.05, 3.63) is 83.4 Å². The van der Waals surface area contributed by atoms with Crippen LogP contribution in [0.25, 0.3) is 22.5 Å². The van der Waals surface area contributed by atoms with E-state index in [1.54, 1.807) is 95.0 Å². The number of H-pyrrole nitrogens is 1. The highest BCUT2D eigenvalue weighted by atomic mass is 19.1.